The molecule has 5 heteroatoms. The van der Waals surface area contributed by atoms with Crippen molar-refractivity contribution in [3.63, 3.8) is 0 Å². The van der Waals surface area contributed by atoms with E-state index in [1.807, 2.05) is 56.3 Å². The standard InChI is InChI=1S/C17H22NO3P/c1-13-8-9-14(2)16(12-13)21-22(19,20)17(18)11-10-15-6-4-3-5-7-15/h3-9,12,17H,10-11,18H2,1-2H3,(H,19,20). The lowest BCUT2D eigenvalue weighted by Gasteiger charge is -2.21. The molecule has 0 aliphatic rings. The van der Waals surface area contributed by atoms with E-state index < -0.39 is 13.4 Å². The second-order valence-corrected chi connectivity index (χ2v) is 7.49. The number of benzene rings is 2. The molecular formula is C17H22NO3P. The molecular weight excluding hydrogens is 297 g/mol. The van der Waals surface area contributed by atoms with Gasteiger partial charge in [0.15, 0.2) is 0 Å². The summed E-state index contributed by atoms with van der Waals surface area (Å²) in [6.45, 7) is 3.74. The lowest BCUT2D eigenvalue weighted by molar-refractivity contribution is 0.361. The van der Waals surface area contributed by atoms with Gasteiger partial charge in [0.1, 0.15) is 11.5 Å². The SMILES string of the molecule is Cc1ccc(C)c(OP(=O)(O)C(N)CCc2ccccc2)c1. The summed E-state index contributed by atoms with van der Waals surface area (Å²) in [7, 11) is -3.91. The van der Waals surface area contributed by atoms with Crippen LogP contribution in [0.3, 0.4) is 0 Å². The van der Waals surface area contributed by atoms with Crippen LogP contribution in [-0.4, -0.2) is 10.7 Å². The Labute approximate surface area is 131 Å². The molecule has 3 N–H and O–H groups in total. The van der Waals surface area contributed by atoms with E-state index in [2.05, 4.69) is 0 Å². The Bertz CT molecular complexity index is 673. The average Bonchev–Trinajstić information content (AvgIpc) is 2.49. The minimum absolute atomic E-state index is 0.392. The molecule has 2 atom stereocenters. The first-order valence-electron chi connectivity index (χ1n) is 7.27. The predicted molar refractivity (Wildman–Crippen MR) is 89.1 cm³/mol. The fraction of sp³-hybridized carbons (Fsp3) is 0.294. The van der Waals surface area contributed by atoms with Gasteiger partial charge in [-0.15, -0.1) is 0 Å². The summed E-state index contributed by atoms with van der Waals surface area (Å²) in [5.74, 6) is -0.492. The zero-order chi connectivity index (χ0) is 16.2. The van der Waals surface area contributed by atoms with Crippen molar-refractivity contribution >= 4 is 7.60 Å². The monoisotopic (exact) mass is 319 g/mol. The summed E-state index contributed by atoms with van der Waals surface area (Å²) in [6.07, 6.45) is 1.03. The molecule has 2 unspecified atom stereocenters. The molecule has 4 nitrogen and oxygen atoms in total. The second kappa shape index (κ2) is 7.10. The van der Waals surface area contributed by atoms with Crippen molar-refractivity contribution in [2.45, 2.75) is 32.5 Å². The van der Waals surface area contributed by atoms with E-state index >= 15 is 0 Å². The molecule has 0 fully saturated rings. The van der Waals surface area contributed by atoms with Crippen LogP contribution in [0.5, 0.6) is 5.75 Å². The second-order valence-electron chi connectivity index (χ2n) is 5.52. The number of aryl methyl sites for hydroxylation is 3. The predicted octanol–water partition coefficient (Wildman–Crippen LogP) is 3.79. The molecule has 0 saturated heterocycles. The Balaban J connectivity index is 2.02. The highest BCUT2D eigenvalue weighted by atomic mass is 31.2. The maximum absolute atomic E-state index is 12.4. The van der Waals surface area contributed by atoms with Gasteiger partial charge in [-0.1, -0.05) is 42.5 Å². The first kappa shape index (κ1) is 16.8. The van der Waals surface area contributed by atoms with Crippen molar-refractivity contribution in [3.05, 3.63) is 65.2 Å². The third kappa shape index (κ3) is 4.44. The minimum atomic E-state index is -3.91. The fourth-order valence-electron chi connectivity index (χ4n) is 2.14. The highest BCUT2D eigenvalue weighted by Crippen LogP contribution is 2.47. The van der Waals surface area contributed by atoms with Gasteiger partial charge in [0.2, 0.25) is 0 Å². The van der Waals surface area contributed by atoms with Crippen molar-refractivity contribution in [1.29, 1.82) is 0 Å². The first-order valence-corrected chi connectivity index (χ1v) is 8.92. The van der Waals surface area contributed by atoms with E-state index in [1.54, 1.807) is 6.07 Å². The highest BCUT2D eigenvalue weighted by Gasteiger charge is 2.30. The summed E-state index contributed by atoms with van der Waals surface area (Å²) < 4.78 is 17.7. The van der Waals surface area contributed by atoms with Crippen molar-refractivity contribution in [3.8, 4) is 5.75 Å². The van der Waals surface area contributed by atoms with Crippen molar-refractivity contribution in [2.75, 3.05) is 0 Å². The van der Waals surface area contributed by atoms with Gasteiger partial charge in [-0.2, -0.15) is 0 Å². The number of rotatable bonds is 6. The maximum atomic E-state index is 12.4. The zero-order valence-corrected chi connectivity index (χ0v) is 13.8. The molecule has 0 spiro atoms. The molecule has 0 radical (unpaired) electrons. The Morgan fingerprint density at radius 1 is 1.18 bits per heavy atom. The molecule has 0 aliphatic heterocycles. The molecule has 0 amide bonds. The van der Waals surface area contributed by atoms with Crippen LogP contribution in [0.25, 0.3) is 0 Å². The van der Waals surface area contributed by atoms with Gasteiger partial charge < -0.3 is 15.2 Å². The fourth-order valence-corrected chi connectivity index (χ4v) is 3.21. The van der Waals surface area contributed by atoms with E-state index in [0.717, 1.165) is 16.7 Å². The lowest BCUT2D eigenvalue weighted by atomic mass is 10.1. The van der Waals surface area contributed by atoms with Gasteiger partial charge in [-0.05, 0) is 49.4 Å². The third-order valence-corrected chi connectivity index (χ3v) is 5.12. The Morgan fingerprint density at radius 2 is 1.86 bits per heavy atom. The largest absolute Gasteiger partial charge is 0.423 e. The average molecular weight is 319 g/mol. The molecule has 0 saturated carbocycles. The van der Waals surface area contributed by atoms with Crippen LogP contribution in [0.2, 0.25) is 0 Å². The molecule has 22 heavy (non-hydrogen) atoms. The molecule has 0 aromatic heterocycles. The molecule has 0 aliphatic carbocycles. The Kier molecular flexibility index (Phi) is 5.41. The van der Waals surface area contributed by atoms with E-state index in [4.69, 9.17) is 10.3 Å². The van der Waals surface area contributed by atoms with Gasteiger partial charge in [0.25, 0.3) is 0 Å². The van der Waals surface area contributed by atoms with E-state index in [-0.39, 0.29) is 0 Å². The maximum Gasteiger partial charge on any atom is 0.393 e. The summed E-state index contributed by atoms with van der Waals surface area (Å²) >= 11 is 0. The van der Waals surface area contributed by atoms with Crippen LogP contribution >= 0.6 is 7.60 Å². The van der Waals surface area contributed by atoms with Crippen LogP contribution in [0.4, 0.5) is 0 Å². The topological polar surface area (TPSA) is 72.5 Å². The minimum Gasteiger partial charge on any atom is -0.423 e. The number of hydrogen-bond donors (Lipinski definition) is 2. The van der Waals surface area contributed by atoms with Gasteiger partial charge in [0, 0.05) is 0 Å². The van der Waals surface area contributed by atoms with Crippen molar-refractivity contribution in [2.24, 2.45) is 5.73 Å². The van der Waals surface area contributed by atoms with Gasteiger partial charge in [-0.25, -0.2) is 4.57 Å². The first-order chi connectivity index (χ1) is 10.4. The molecule has 118 valence electrons. The highest BCUT2D eigenvalue weighted by molar-refractivity contribution is 7.54. The molecule has 2 aromatic carbocycles. The summed E-state index contributed by atoms with van der Waals surface area (Å²) in [5.41, 5.74) is 8.77. The van der Waals surface area contributed by atoms with Gasteiger partial charge in [-0.3, -0.25) is 0 Å². The van der Waals surface area contributed by atoms with Crippen molar-refractivity contribution < 1.29 is 14.0 Å². The third-order valence-electron chi connectivity index (χ3n) is 3.56. The van der Waals surface area contributed by atoms with Crippen LogP contribution in [0.15, 0.2) is 48.5 Å². The Morgan fingerprint density at radius 3 is 2.55 bits per heavy atom. The van der Waals surface area contributed by atoms with Gasteiger partial charge >= 0.3 is 7.60 Å². The van der Waals surface area contributed by atoms with E-state index in [0.29, 0.717) is 18.6 Å². The summed E-state index contributed by atoms with van der Waals surface area (Å²) in [6, 6.07) is 15.3. The van der Waals surface area contributed by atoms with Crippen molar-refractivity contribution in [1.82, 2.24) is 0 Å². The number of hydrogen-bond acceptors (Lipinski definition) is 3. The van der Waals surface area contributed by atoms with Crippen LogP contribution < -0.4 is 10.3 Å². The van der Waals surface area contributed by atoms with E-state index in [9.17, 15) is 9.46 Å². The smallest absolute Gasteiger partial charge is 0.393 e. The molecule has 2 rings (SSSR count). The lowest BCUT2D eigenvalue weighted by Crippen LogP contribution is -2.23. The summed E-state index contributed by atoms with van der Waals surface area (Å²) in [4.78, 5) is 10.1. The molecule has 0 bridgehead atoms. The van der Waals surface area contributed by atoms with E-state index in [1.165, 1.54) is 0 Å². The van der Waals surface area contributed by atoms with Crippen LogP contribution in [0.1, 0.15) is 23.1 Å². The van der Waals surface area contributed by atoms with Crippen LogP contribution in [0, 0.1) is 13.8 Å². The normalized spacial score (nSPS) is 15.1. The molecule has 2 aromatic rings. The molecule has 0 heterocycles. The summed E-state index contributed by atoms with van der Waals surface area (Å²) in [5, 5.41) is 0. The zero-order valence-electron chi connectivity index (χ0n) is 12.9. The van der Waals surface area contributed by atoms with Crippen LogP contribution in [-0.2, 0) is 11.0 Å². The van der Waals surface area contributed by atoms with Gasteiger partial charge in [0.05, 0.1) is 0 Å². The Hall–Kier alpha value is -1.61. The number of nitrogens with two attached hydrogens (primary N) is 1. The quantitative estimate of drug-likeness (QED) is 0.795.